The fraction of sp³-hybridized carbons (Fsp3) is 0.345. The molecule has 1 aliphatic rings. The predicted octanol–water partition coefficient (Wildman–Crippen LogP) is 3.64. The quantitative estimate of drug-likeness (QED) is 0.259. The number of nitrogens with one attached hydrogen (secondary N) is 3. The Morgan fingerprint density at radius 1 is 1.12 bits per heavy atom. The van der Waals surface area contributed by atoms with Gasteiger partial charge in [0.1, 0.15) is 16.6 Å². The molecule has 0 aliphatic carbocycles. The number of hydrogen-bond acceptors (Lipinski definition) is 9. The average Bonchev–Trinajstić information content (AvgIpc) is 3.28. The van der Waals surface area contributed by atoms with Crippen molar-refractivity contribution in [3.8, 4) is 11.3 Å². The molecule has 0 saturated carbocycles. The Balaban J connectivity index is 1.43. The van der Waals surface area contributed by atoms with E-state index in [4.69, 9.17) is 4.74 Å². The summed E-state index contributed by atoms with van der Waals surface area (Å²) in [4.78, 5) is 28.6. The van der Waals surface area contributed by atoms with Crippen LogP contribution in [0.1, 0.15) is 6.42 Å². The first kappa shape index (κ1) is 30.5. The Labute approximate surface area is 248 Å². The van der Waals surface area contributed by atoms with Gasteiger partial charge in [-0.25, -0.2) is 27.2 Å². The zero-order valence-corrected chi connectivity index (χ0v) is 24.8. The highest BCUT2D eigenvalue weighted by atomic mass is 32.2. The van der Waals surface area contributed by atoms with E-state index in [-0.39, 0.29) is 29.8 Å². The third-order valence-corrected chi connectivity index (χ3v) is 8.52. The van der Waals surface area contributed by atoms with E-state index in [2.05, 4.69) is 42.4 Å². The molecule has 3 N–H and O–H groups in total. The summed E-state index contributed by atoms with van der Waals surface area (Å²) >= 11 is 0. The zero-order chi connectivity index (χ0) is 30.7. The number of rotatable bonds is 9. The lowest BCUT2D eigenvalue weighted by Gasteiger charge is -2.29. The van der Waals surface area contributed by atoms with E-state index in [1.807, 2.05) is 0 Å². The van der Waals surface area contributed by atoms with Crippen molar-refractivity contribution in [2.45, 2.75) is 17.4 Å². The fourth-order valence-electron chi connectivity index (χ4n) is 5.18. The van der Waals surface area contributed by atoms with Crippen molar-refractivity contribution in [1.82, 2.24) is 24.8 Å². The van der Waals surface area contributed by atoms with Crippen LogP contribution in [0.5, 0.6) is 0 Å². The second-order valence-electron chi connectivity index (χ2n) is 10.5. The van der Waals surface area contributed by atoms with Crippen LogP contribution in [0.15, 0.2) is 53.7 Å². The minimum atomic E-state index is -3.82. The number of benzene rings is 2. The van der Waals surface area contributed by atoms with Crippen LogP contribution in [0, 0.1) is 11.6 Å². The van der Waals surface area contributed by atoms with Gasteiger partial charge < -0.3 is 25.3 Å². The Morgan fingerprint density at radius 2 is 1.88 bits per heavy atom. The van der Waals surface area contributed by atoms with Gasteiger partial charge in [0.05, 0.1) is 29.7 Å². The molecule has 1 atom stereocenters. The Morgan fingerprint density at radius 3 is 2.65 bits per heavy atom. The molecule has 5 rings (SSSR count). The summed E-state index contributed by atoms with van der Waals surface area (Å²) in [5.74, 6) is -2.07. The van der Waals surface area contributed by atoms with Gasteiger partial charge in [-0.1, -0.05) is 18.2 Å². The van der Waals surface area contributed by atoms with Crippen molar-refractivity contribution in [2.75, 3.05) is 63.8 Å². The normalized spacial score (nSPS) is 15.7. The standard InChI is InChI=1S/C29H33F2N7O4S/c1-37-11-6-12-38(14-13-37)23(17-42-2)28(39)34-22-9-4-7-18-19(15-32-27(18)22)26-20(30)16-33-29(36-26)35-21-8-5-10-24(25(21)31)43(3,40)41/h4-5,7-10,15-16,23,32H,6,11-14,17H2,1-3H3,(H,34,39)(H,33,35,36)/t23-/m1/s1. The molecule has 11 nitrogen and oxygen atoms in total. The molecule has 1 saturated heterocycles. The maximum absolute atomic E-state index is 15.1. The summed E-state index contributed by atoms with van der Waals surface area (Å²) in [6.45, 7) is 3.55. The lowest BCUT2D eigenvalue weighted by atomic mass is 10.1. The smallest absolute Gasteiger partial charge is 0.244 e. The Bertz CT molecular complexity index is 1750. The van der Waals surface area contributed by atoms with Gasteiger partial charge in [-0.15, -0.1) is 0 Å². The van der Waals surface area contributed by atoms with Gasteiger partial charge in [0, 0.05) is 50.1 Å². The number of amides is 1. The molecule has 14 heteroatoms. The second-order valence-corrected chi connectivity index (χ2v) is 12.5. The Hall–Kier alpha value is -3.98. The van der Waals surface area contributed by atoms with Crippen LogP contribution in [-0.4, -0.2) is 98.3 Å². The van der Waals surface area contributed by atoms with E-state index < -0.39 is 32.4 Å². The number of anilines is 3. The van der Waals surface area contributed by atoms with E-state index in [0.29, 0.717) is 22.2 Å². The van der Waals surface area contributed by atoms with Gasteiger partial charge in [-0.2, -0.15) is 0 Å². The third-order valence-electron chi connectivity index (χ3n) is 7.40. The van der Waals surface area contributed by atoms with Gasteiger partial charge in [0.15, 0.2) is 21.5 Å². The molecule has 0 bridgehead atoms. The topological polar surface area (TPSA) is 133 Å². The number of likely N-dealkylation sites (N-methyl/N-ethyl adjacent to an activating group) is 1. The first-order chi connectivity index (χ1) is 20.6. The summed E-state index contributed by atoms with van der Waals surface area (Å²) in [6, 6.07) is 8.63. The van der Waals surface area contributed by atoms with Crippen LogP contribution in [-0.2, 0) is 19.4 Å². The predicted molar refractivity (Wildman–Crippen MR) is 160 cm³/mol. The molecule has 228 valence electrons. The zero-order valence-electron chi connectivity index (χ0n) is 24.0. The minimum Gasteiger partial charge on any atom is -0.383 e. The van der Waals surface area contributed by atoms with E-state index in [9.17, 15) is 17.6 Å². The molecule has 3 heterocycles. The molecular formula is C29H33F2N7O4S. The van der Waals surface area contributed by atoms with E-state index >= 15 is 4.39 Å². The number of para-hydroxylation sites is 1. The fourth-order valence-corrected chi connectivity index (χ4v) is 5.95. The van der Waals surface area contributed by atoms with E-state index in [1.165, 1.54) is 12.1 Å². The number of H-pyrrole nitrogens is 1. The molecule has 43 heavy (non-hydrogen) atoms. The number of halogens is 2. The van der Waals surface area contributed by atoms with Crippen molar-refractivity contribution in [1.29, 1.82) is 0 Å². The van der Waals surface area contributed by atoms with Gasteiger partial charge in [-0.05, 0) is 38.2 Å². The minimum absolute atomic E-state index is 0.0714. The van der Waals surface area contributed by atoms with E-state index in [0.717, 1.165) is 51.1 Å². The van der Waals surface area contributed by atoms with Crippen LogP contribution in [0.2, 0.25) is 0 Å². The van der Waals surface area contributed by atoms with Crippen LogP contribution in [0.4, 0.5) is 26.1 Å². The number of methoxy groups -OCH3 is 1. The molecule has 2 aromatic heterocycles. The highest BCUT2D eigenvalue weighted by Crippen LogP contribution is 2.34. The van der Waals surface area contributed by atoms with Crippen LogP contribution in [0.3, 0.4) is 0 Å². The van der Waals surface area contributed by atoms with E-state index in [1.54, 1.807) is 31.5 Å². The average molecular weight is 614 g/mol. The summed E-state index contributed by atoms with van der Waals surface area (Å²) in [5, 5.41) is 6.25. The van der Waals surface area contributed by atoms with Crippen molar-refractivity contribution >= 4 is 44.0 Å². The number of carbonyl (C=O) groups is 1. The van der Waals surface area contributed by atoms with Crippen LogP contribution < -0.4 is 10.6 Å². The first-order valence-electron chi connectivity index (χ1n) is 13.7. The lowest BCUT2D eigenvalue weighted by Crippen LogP contribution is -2.48. The summed E-state index contributed by atoms with van der Waals surface area (Å²) in [6.07, 6.45) is 4.36. The van der Waals surface area contributed by atoms with Crippen LogP contribution in [0.25, 0.3) is 22.2 Å². The van der Waals surface area contributed by atoms with Crippen molar-refractivity contribution in [3.05, 3.63) is 60.4 Å². The molecule has 2 aromatic carbocycles. The van der Waals surface area contributed by atoms with Crippen molar-refractivity contribution in [3.63, 3.8) is 0 Å². The monoisotopic (exact) mass is 613 g/mol. The molecule has 0 spiro atoms. The molecule has 4 aromatic rings. The number of aromatic amines is 1. The van der Waals surface area contributed by atoms with Gasteiger partial charge in [0.2, 0.25) is 11.9 Å². The van der Waals surface area contributed by atoms with Crippen molar-refractivity contribution in [2.24, 2.45) is 0 Å². The largest absolute Gasteiger partial charge is 0.383 e. The molecule has 0 radical (unpaired) electrons. The number of nitrogens with zero attached hydrogens (tertiary/aromatic N) is 4. The highest BCUT2D eigenvalue weighted by Gasteiger charge is 2.28. The maximum atomic E-state index is 15.1. The van der Waals surface area contributed by atoms with Gasteiger partial charge in [0.25, 0.3) is 0 Å². The number of fused-ring (bicyclic) bond motifs is 1. The Kier molecular flexibility index (Phi) is 9.01. The second kappa shape index (κ2) is 12.7. The number of carbonyl (C=O) groups excluding carboxylic acids is 1. The molecule has 1 aliphatic heterocycles. The SMILES string of the molecule is COC[C@H](C(=O)Nc1cccc2c(-c3nc(Nc4cccc(S(C)(=O)=O)c4F)ncc3F)c[nH]c12)N1CCCN(C)CC1. The molecule has 1 amide bonds. The van der Waals surface area contributed by atoms with Crippen LogP contribution >= 0.6 is 0 Å². The third kappa shape index (κ3) is 6.67. The number of hydrogen-bond donors (Lipinski definition) is 3. The number of ether oxygens (including phenoxy) is 1. The van der Waals surface area contributed by atoms with Gasteiger partial charge >= 0.3 is 0 Å². The summed E-state index contributed by atoms with van der Waals surface area (Å²) < 4.78 is 59.2. The summed E-state index contributed by atoms with van der Waals surface area (Å²) in [5.41, 5.74) is 1.22. The first-order valence-corrected chi connectivity index (χ1v) is 15.6. The van der Waals surface area contributed by atoms with Gasteiger partial charge in [-0.3, -0.25) is 9.69 Å². The van der Waals surface area contributed by atoms with Crippen molar-refractivity contribution < 1.29 is 26.7 Å². The number of aromatic nitrogens is 3. The maximum Gasteiger partial charge on any atom is 0.244 e. The summed E-state index contributed by atoms with van der Waals surface area (Å²) in [7, 11) is -0.186. The molecular weight excluding hydrogens is 580 g/mol. The molecule has 1 fully saturated rings. The molecule has 0 unspecified atom stereocenters. The lowest BCUT2D eigenvalue weighted by molar-refractivity contribution is -0.123. The highest BCUT2D eigenvalue weighted by molar-refractivity contribution is 7.90. The number of sulfone groups is 1.